The smallest absolute Gasteiger partial charge is 0.105 e. The van der Waals surface area contributed by atoms with E-state index in [2.05, 4.69) is 39.8 Å². The third-order valence-corrected chi connectivity index (χ3v) is 3.68. The molecule has 0 spiro atoms. The molecule has 96 valence electrons. The van der Waals surface area contributed by atoms with E-state index in [9.17, 15) is 0 Å². The molecular weight excluding hydrogens is 212 g/mol. The molecule has 0 radical (unpaired) electrons. The third-order valence-electron chi connectivity index (χ3n) is 3.68. The second kappa shape index (κ2) is 6.17. The number of rotatable bonds is 6. The quantitative estimate of drug-likeness (QED) is 0.807. The Morgan fingerprint density at radius 3 is 3.06 bits per heavy atom. The summed E-state index contributed by atoms with van der Waals surface area (Å²) < 4.78 is 2.24. The van der Waals surface area contributed by atoms with Gasteiger partial charge in [0.1, 0.15) is 5.82 Å². The van der Waals surface area contributed by atoms with Crippen molar-refractivity contribution in [2.24, 2.45) is 0 Å². The normalized spacial score (nSPS) is 21.2. The molecule has 1 aromatic rings. The molecule has 1 aliphatic rings. The van der Waals surface area contributed by atoms with Crippen LogP contribution in [0.25, 0.3) is 0 Å². The average molecular weight is 236 g/mol. The predicted molar refractivity (Wildman–Crippen MR) is 70.1 cm³/mol. The van der Waals surface area contributed by atoms with Gasteiger partial charge < -0.3 is 9.88 Å². The summed E-state index contributed by atoms with van der Waals surface area (Å²) in [5, 5.41) is 3.46. The zero-order chi connectivity index (χ0) is 12.1. The van der Waals surface area contributed by atoms with Crippen LogP contribution in [0.4, 0.5) is 0 Å². The first-order valence-electron chi connectivity index (χ1n) is 6.73. The van der Waals surface area contributed by atoms with E-state index in [1.54, 1.807) is 0 Å². The standard InChI is InChI=1S/C13H24N4/c1-3-14-11-13-5-4-7-17(13)10-9-16-8-6-15-12(16)2/h6,8,13-14H,3-5,7,9-11H2,1-2H3. The van der Waals surface area contributed by atoms with E-state index in [4.69, 9.17) is 0 Å². The van der Waals surface area contributed by atoms with Gasteiger partial charge in [-0.25, -0.2) is 4.98 Å². The highest BCUT2D eigenvalue weighted by Crippen LogP contribution is 2.16. The van der Waals surface area contributed by atoms with E-state index in [1.165, 1.54) is 19.4 Å². The molecule has 1 aliphatic heterocycles. The van der Waals surface area contributed by atoms with Gasteiger partial charge in [0.15, 0.2) is 0 Å². The Kier molecular flexibility index (Phi) is 4.57. The molecule has 0 saturated carbocycles. The van der Waals surface area contributed by atoms with Crippen LogP contribution in [0.2, 0.25) is 0 Å². The summed E-state index contributed by atoms with van der Waals surface area (Å²) in [5.41, 5.74) is 0. The van der Waals surface area contributed by atoms with Crippen molar-refractivity contribution in [3.8, 4) is 0 Å². The zero-order valence-electron chi connectivity index (χ0n) is 11.0. The summed E-state index contributed by atoms with van der Waals surface area (Å²) in [5.74, 6) is 1.12. The SMILES string of the molecule is CCNCC1CCCN1CCn1ccnc1C. The molecule has 1 N–H and O–H groups in total. The Morgan fingerprint density at radius 2 is 2.35 bits per heavy atom. The third kappa shape index (κ3) is 3.30. The molecule has 1 atom stereocenters. The first-order valence-corrected chi connectivity index (χ1v) is 6.73. The van der Waals surface area contributed by atoms with Crippen LogP contribution in [0.5, 0.6) is 0 Å². The number of aromatic nitrogens is 2. The minimum absolute atomic E-state index is 0.735. The zero-order valence-corrected chi connectivity index (χ0v) is 11.0. The van der Waals surface area contributed by atoms with E-state index in [0.717, 1.165) is 38.0 Å². The van der Waals surface area contributed by atoms with Gasteiger partial charge in [-0.3, -0.25) is 4.90 Å². The first kappa shape index (κ1) is 12.6. The molecule has 0 bridgehead atoms. The summed E-state index contributed by atoms with van der Waals surface area (Å²) in [4.78, 5) is 6.88. The molecule has 1 unspecified atom stereocenters. The van der Waals surface area contributed by atoms with Crippen molar-refractivity contribution in [3.05, 3.63) is 18.2 Å². The van der Waals surface area contributed by atoms with E-state index < -0.39 is 0 Å². The maximum atomic E-state index is 4.26. The number of hydrogen-bond donors (Lipinski definition) is 1. The van der Waals surface area contributed by atoms with E-state index in [-0.39, 0.29) is 0 Å². The Morgan fingerprint density at radius 1 is 1.47 bits per heavy atom. The van der Waals surface area contributed by atoms with Crippen LogP contribution in [-0.2, 0) is 6.54 Å². The average Bonchev–Trinajstić information content (AvgIpc) is 2.93. The van der Waals surface area contributed by atoms with Gasteiger partial charge >= 0.3 is 0 Å². The van der Waals surface area contributed by atoms with E-state index >= 15 is 0 Å². The van der Waals surface area contributed by atoms with Crippen LogP contribution >= 0.6 is 0 Å². The van der Waals surface area contributed by atoms with Crippen LogP contribution in [-0.4, -0.2) is 46.7 Å². The number of likely N-dealkylation sites (tertiary alicyclic amines) is 1. The Labute approximate surface area is 104 Å². The second-order valence-electron chi connectivity index (χ2n) is 4.81. The fourth-order valence-corrected chi connectivity index (χ4v) is 2.61. The molecule has 0 aromatic carbocycles. The number of hydrogen-bond acceptors (Lipinski definition) is 3. The van der Waals surface area contributed by atoms with Crippen molar-refractivity contribution >= 4 is 0 Å². The molecule has 17 heavy (non-hydrogen) atoms. The lowest BCUT2D eigenvalue weighted by Crippen LogP contribution is -2.39. The lowest BCUT2D eigenvalue weighted by molar-refractivity contribution is 0.238. The predicted octanol–water partition coefficient (Wildman–Crippen LogP) is 1.27. The van der Waals surface area contributed by atoms with Crippen LogP contribution < -0.4 is 5.32 Å². The number of imidazole rings is 1. The van der Waals surface area contributed by atoms with Gasteiger partial charge in [-0.15, -0.1) is 0 Å². The number of nitrogens with one attached hydrogen (secondary N) is 1. The van der Waals surface area contributed by atoms with Gasteiger partial charge in [0.2, 0.25) is 0 Å². The van der Waals surface area contributed by atoms with Crippen molar-refractivity contribution in [1.29, 1.82) is 0 Å². The fourth-order valence-electron chi connectivity index (χ4n) is 2.61. The molecule has 0 aliphatic carbocycles. The Bertz CT molecular complexity index is 334. The number of aryl methyl sites for hydroxylation is 1. The van der Waals surface area contributed by atoms with E-state index in [0.29, 0.717) is 0 Å². The summed E-state index contributed by atoms with van der Waals surface area (Å²) >= 11 is 0. The van der Waals surface area contributed by atoms with Gasteiger partial charge in [-0.2, -0.15) is 0 Å². The monoisotopic (exact) mass is 236 g/mol. The van der Waals surface area contributed by atoms with Crippen molar-refractivity contribution in [2.45, 2.75) is 39.3 Å². The maximum Gasteiger partial charge on any atom is 0.105 e. The van der Waals surface area contributed by atoms with Gasteiger partial charge in [0, 0.05) is 38.1 Å². The highest BCUT2D eigenvalue weighted by atomic mass is 15.2. The summed E-state index contributed by atoms with van der Waals surface area (Å²) in [6.45, 7) is 9.92. The molecule has 4 heteroatoms. The van der Waals surface area contributed by atoms with Crippen molar-refractivity contribution < 1.29 is 0 Å². The van der Waals surface area contributed by atoms with Crippen LogP contribution in [0.15, 0.2) is 12.4 Å². The van der Waals surface area contributed by atoms with Crippen LogP contribution in [0.3, 0.4) is 0 Å². The summed E-state index contributed by atoms with van der Waals surface area (Å²) in [6.07, 6.45) is 6.65. The molecule has 1 aromatic heterocycles. The molecule has 4 nitrogen and oxygen atoms in total. The van der Waals surface area contributed by atoms with Crippen LogP contribution in [0.1, 0.15) is 25.6 Å². The summed E-state index contributed by atoms with van der Waals surface area (Å²) in [7, 11) is 0. The lowest BCUT2D eigenvalue weighted by atomic mass is 10.2. The topological polar surface area (TPSA) is 33.1 Å². The Hall–Kier alpha value is -0.870. The van der Waals surface area contributed by atoms with Crippen LogP contribution in [0, 0.1) is 6.92 Å². The second-order valence-corrected chi connectivity index (χ2v) is 4.81. The molecule has 1 fully saturated rings. The minimum Gasteiger partial charge on any atom is -0.334 e. The van der Waals surface area contributed by atoms with Crippen molar-refractivity contribution in [3.63, 3.8) is 0 Å². The lowest BCUT2D eigenvalue weighted by Gasteiger charge is -2.24. The first-order chi connectivity index (χ1) is 8.31. The molecular formula is C13H24N4. The largest absolute Gasteiger partial charge is 0.334 e. The molecule has 2 heterocycles. The number of likely N-dealkylation sites (N-methyl/N-ethyl adjacent to an activating group) is 1. The van der Waals surface area contributed by atoms with E-state index in [1.807, 2.05) is 6.20 Å². The Balaban J connectivity index is 1.80. The highest BCUT2D eigenvalue weighted by Gasteiger charge is 2.23. The molecule has 2 rings (SSSR count). The highest BCUT2D eigenvalue weighted by molar-refractivity contribution is 4.89. The fraction of sp³-hybridized carbons (Fsp3) is 0.769. The maximum absolute atomic E-state index is 4.26. The van der Waals surface area contributed by atoms with Gasteiger partial charge in [-0.05, 0) is 32.9 Å². The van der Waals surface area contributed by atoms with Gasteiger partial charge in [0.25, 0.3) is 0 Å². The van der Waals surface area contributed by atoms with Gasteiger partial charge in [-0.1, -0.05) is 6.92 Å². The number of nitrogens with zero attached hydrogens (tertiary/aromatic N) is 3. The molecule has 0 amide bonds. The molecule has 1 saturated heterocycles. The van der Waals surface area contributed by atoms with Crippen molar-refractivity contribution in [1.82, 2.24) is 19.8 Å². The minimum atomic E-state index is 0.735. The summed E-state index contributed by atoms with van der Waals surface area (Å²) in [6, 6.07) is 0.735. The van der Waals surface area contributed by atoms with Crippen molar-refractivity contribution in [2.75, 3.05) is 26.2 Å². The van der Waals surface area contributed by atoms with Gasteiger partial charge in [0.05, 0.1) is 0 Å².